The average molecular weight is 257 g/mol. The van der Waals surface area contributed by atoms with E-state index in [1.54, 1.807) is 0 Å². The zero-order valence-electron chi connectivity index (χ0n) is 12.2. The van der Waals surface area contributed by atoms with Crippen LogP contribution in [0.25, 0.3) is 0 Å². The maximum atomic E-state index is 9.13. The fraction of sp³-hybridized carbons (Fsp3) is 0.562. The summed E-state index contributed by atoms with van der Waals surface area (Å²) in [5.41, 5.74) is 2.26. The van der Waals surface area contributed by atoms with E-state index in [4.69, 9.17) is 5.26 Å². The van der Waals surface area contributed by atoms with Gasteiger partial charge >= 0.3 is 0 Å². The van der Waals surface area contributed by atoms with Crippen molar-refractivity contribution in [3.63, 3.8) is 0 Å². The van der Waals surface area contributed by atoms with E-state index in [1.807, 2.05) is 18.2 Å². The van der Waals surface area contributed by atoms with E-state index in [2.05, 4.69) is 43.1 Å². The zero-order valence-corrected chi connectivity index (χ0v) is 12.2. The van der Waals surface area contributed by atoms with Crippen molar-refractivity contribution < 1.29 is 0 Å². The molecule has 1 aliphatic rings. The van der Waals surface area contributed by atoms with Gasteiger partial charge in [0.1, 0.15) is 0 Å². The van der Waals surface area contributed by atoms with Crippen LogP contribution < -0.4 is 0 Å². The fourth-order valence-electron chi connectivity index (χ4n) is 2.95. The van der Waals surface area contributed by atoms with Gasteiger partial charge in [0, 0.05) is 18.6 Å². The maximum absolute atomic E-state index is 9.13. The van der Waals surface area contributed by atoms with Crippen LogP contribution in [0.1, 0.15) is 30.4 Å². The Labute approximate surface area is 116 Å². The van der Waals surface area contributed by atoms with Gasteiger partial charge in [-0.05, 0) is 52.0 Å². The first kappa shape index (κ1) is 14.0. The van der Waals surface area contributed by atoms with Crippen LogP contribution in [0.15, 0.2) is 24.3 Å². The Hall–Kier alpha value is -1.37. The predicted octanol–water partition coefficient (Wildman–Crippen LogP) is 2.47. The zero-order chi connectivity index (χ0) is 13.9. The standard InChI is InChI=1S/C16H23N3/c1-18(2)16(9-6-10-16)13-19(3)12-15-8-5-4-7-14(15)11-17/h4-5,7-8H,6,9-10,12-13H2,1-3H3. The summed E-state index contributed by atoms with van der Waals surface area (Å²) in [7, 11) is 6.50. The molecule has 2 rings (SSSR count). The lowest BCUT2D eigenvalue weighted by Gasteiger charge is -2.49. The highest BCUT2D eigenvalue weighted by atomic mass is 15.2. The van der Waals surface area contributed by atoms with E-state index in [0.717, 1.165) is 24.2 Å². The average Bonchev–Trinajstić information content (AvgIpc) is 2.34. The van der Waals surface area contributed by atoms with E-state index in [0.29, 0.717) is 5.54 Å². The van der Waals surface area contributed by atoms with Crippen molar-refractivity contribution in [2.75, 3.05) is 27.7 Å². The van der Waals surface area contributed by atoms with Crippen LogP contribution in [0.2, 0.25) is 0 Å². The fourth-order valence-corrected chi connectivity index (χ4v) is 2.95. The second-order valence-electron chi connectivity index (χ2n) is 5.91. The molecule has 0 heterocycles. The van der Waals surface area contributed by atoms with Crippen molar-refractivity contribution in [2.45, 2.75) is 31.3 Å². The molecular weight excluding hydrogens is 234 g/mol. The largest absolute Gasteiger partial charge is 0.302 e. The summed E-state index contributed by atoms with van der Waals surface area (Å²) < 4.78 is 0. The van der Waals surface area contributed by atoms with Crippen molar-refractivity contribution in [3.8, 4) is 6.07 Å². The first-order valence-electron chi connectivity index (χ1n) is 6.91. The Morgan fingerprint density at radius 1 is 1.21 bits per heavy atom. The van der Waals surface area contributed by atoms with Crippen molar-refractivity contribution in [1.82, 2.24) is 9.80 Å². The summed E-state index contributed by atoms with van der Waals surface area (Å²) in [5.74, 6) is 0. The van der Waals surface area contributed by atoms with Gasteiger partial charge in [0.15, 0.2) is 0 Å². The minimum Gasteiger partial charge on any atom is -0.302 e. The van der Waals surface area contributed by atoms with Gasteiger partial charge in [-0.1, -0.05) is 18.2 Å². The van der Waals surface area contributed by atoms with E-state index in [9.17, 15) is 0 Å². The van der Waals surface area contributed by atoms with Gasteiger partial charge in [-0.3, -0.25) is 0 Å². The molecule has 0 saturated heterocycles. The van der Waals surface area contributed by atoms with Crippen molar-refractivity contribution >= 4 is 0 Å². The molecule has 1 aromatic rings. The molecular formula is C16H23N3. The van der Waals surface area contributed by atoms with Crippen LogP contribution in [0.3, 0.4) is 0 Å². The Morgan fingerprint density at radius 3 is 2.42 bits per heavy atom. The van der Waals surface area contributed by atoms with Crippen LogP contribution in [-0.4, -0.2) is 43.0 Å². The molecule has 0 radical (unpaired) electrons. The topological polar surface area (TPSA) is 30.3 Å². The SMILES string of the molecule is CN(Cc1ccccc1C#N)CC1(N(C)C)CCC1. The lowest BCUT2D eigenvalue weighted by atomic mass is 9.75. The molecule has 0 spiro atoms. The summed E-state index contributed by atoms with van der Waals surface area (Å²) in [6.45, 7) is 1.92. The number of hydrogen-bond donors (Lipinski definition) is 0. The Bertz CT molecular complexity index is 469. The molecule has 102 valence electrons. The molecule has 0 unspecified atom stereocenters. The van der Waals surface area contributed by atoms with E-state index < -0.39 is 0 Å². The molecule has 3 nitrogen and oxygen atoms in total. The predicted molar refractivity (Wildman–Crippen MR) is 77.8 cm³/mol. The Morgan fingerprint density at radius 2 is 1.89 bits per heavy atom. The van der Waals surface area contributed by atoms with Crippen LogP contribution in [-0.2, 0) is 6.54 Å². The molecule has 0 atom stereocenters. The van der Waals surface area contributed by atoms with Crippen molar-refractivity contribution in [1.29, 1.82) is 5.26 Å². The number of benzene rings is 1. The molecule has 1 saturated carbocycles. The Balaban J connectivity index is 2.02. The maximum Gasteiger partial charge on any atom is 0.0995 e. The smallest absolute Gasteiger partial charge is 0.0995 e. The molecule has 0 amide bonds. The minimum atomic E-state index is 0.344. The van der Waals surface area contributed by atoms with Gasteiger partial charge in [0.2, 0.25) is 0 Å². The lowest BCUT2D eigenvalue weighted by molar-refractivity contribution is 0.0259. The quantitative estimate of drug-likeness (QED) is 0.812. The monoisotopic (exact) mass is 257 g/mol. The Kier molecular flexibility index (Phi) is 4.24. The second-order valence-corrected chi connectivity index (χ2v) is 5.91. The number of likely N-dealkylation sites (N-methyl/N-ethyl adjacent to an activating group) is 2. The number of nitrogens with zero attached hydrogens (tertiary/aromatic N) is 3. The minimum absolute atomic E-state index is 0.344. The van der Waals surface area contributed by atoms with Gasteiger partial charge in [-0.25, -0.2) is 0 Å². The molecule has 19 heavy (non-hydrogen) atoms. The summed E-state index contributed by atoms with van der Waals surface area (Å²) in [5, 5.41) is 9.13. The molecule has 0 aliphatic heterocycles. The first-order valence-corrected chi connectivity index (χ1v) is 6.91. The van der Waals surface area contributed by atoms with Gasteiger partial charge in [0.25, 0.3) is 0 Å². The first-order chi connectivity index (χ1) is 9.07. The third-order valence-electron chi connectivity index (χ3n) is 4.38. The third kappa shape index (κ3) is 2.97. The number of rotatable bonds is 5. The van der Waals surface area contributed by atoms with Gasteiger partial charge in [-0.2, -0.15) is 5.26 Å². The van der Waals surface area contributed by atoms with Crippen molar-refractivity contribution in [3.05, 3.63) is 35.4 Å². The van der Waals surface area contributed by atoms with E-state index in [-0.39, 0.29) is 0 Å². The highest BCUT2D eigenvalue weighted by molar-refractivity contribution is 5.37. The summed E-state index contributed by atoms with van der Waals surface area (Å²) in [6, 6.07) is 10.2. The second kappa shape index (κ2) is 5.73. The van der Waals surface area contributed by atoms with Crippen LogP contribution in [0, 0.1) is 11.3 Å². The molecule has 3 heteroatoms. The van der Waals surface area contributed by atoms with Crippen LogP contribution in [0.4, 0.5) is 0 Å². The van der Waals surface area contributed by atoms with E-state index in [1.165, 1.54) is 19.3 Å². The molecule has 1 aromatic carbocycles. The third-order valence-corrected chi connectivity index (χ3v) is 4.38. The molecule has 0 bridgehead atoms. The van der Waals surface area contributed by atoms with Gasteiger partial charge in [0.05, 0.1) is 11.6 Å². The summed E-state index contributed by atoms with van der Waals surface area (Å²) in [6.07, 6.45) is 3.90. The van der Waals surface area contributed by atoms with E-state index >= 15 is 0 Å². The lowest BCUT2D eigenvalue weighted by Crippen LogP contribution is -2.56. The molecule has 1 fully saturated rings. The normalized spacial score (nSPS) is 17.3. The number of nitriles is 1. The van der Waals surface area contributed by atoms with Gasteiger partial charge in [-0.15, -0.1) is 0 Å². The van der Waals surface area contributed by atoms with Crippen LogP contribution >= 0.6 is 0 Å². The summed E-state index contributed by atoms with van der Waals surface area (Å²) >= 11 is 0. The summed E-state index contributed by atoms with van der Waals surface area (Å²) in [4.78, 5) is 4.71. The highest BCUT2D eigenvalue weighted by Crippen LogP contribution is 2.36. The molecule has 0 aromatic heterocycles. The van der Waals surface area contributed by atoms with Gasteiger partial charge < -0.3 is 9.80 Å². The number of hydrogen-bond acceptors (Lipinski definition) is 3. The van der Waals surface area contributed by atoms with Crippen molar-refractivity contribution in [2.24, 2.45) is 0 Å². The highest BCUT2D eigenvalue weighted by Gasteiger charge is 2.39. The molecule has 1 aliphatic carbocycles. The molecule has 0 N–H and O–H groups in total. The van der Waals surface area contributed by atoms with Crippen LogP contribution in [0.5, 0.6) is 0 Å².